The van der Waals surface area contributed by atoms with E-state index in [4.69, 9.17) is 0 Å². The fourth-order valence-corrected chi connectivity index (χ4v) is 2.16. The summed E-state index contributed by atoms with van der Waals surface area (Å²) in [5, 5.41) is 9.27. The topological polar surface area (TPSA) is 72.8 Å². The summed E-state index contributed by atoms with van der Waals surface area (Å²) in [4.78, 5) is 25.8. The van der Waals surface area contributed by atoms with E-state index in [-0.39, 0.29) is 11.0 Å². The van der Waals surface area contributed by atoms with Crippen molar-refractivity contribution in [3.63, 3.8) is 0 Å². The number of aromatic nitrogens is 3. The molecule has 0 amide bonds. The van der Waals surface area contributed by atoms with Crippen LogP contribution in [-0.2, 0) is 0 Å². The van der Waals surface area contributed by atoms with E-state index in [1.54, 1.807) is 6.07 Å². The molecule has 2 aromatic heterocycles. The van der Waals surface area contributed by atoms with Gasteiger partial charge < -0.3 is 0 Å². The molecule has 0 saturated heterocycles. The molecule has 0 aliphatic rings. The molecule has 24 heavy (non-hydrogen) atoms. The Balaban J connectivity index is 0.000000141. The highest BCUT2D eigenvalue weighted by atomic mass is 16.1. The Bertz CT molecular complexity index is 1020. The highest BCUT2D eigenvalue weighted by Gasteiger charge is 1.91. The molecule has 4 aromatic rings. The Kier molecular flexibility index (Phi) is 4.62. The van der Waals surface area contributed by atoms with Crippen LogP contribution in [0.5, 0.6) is 0 Å². The van der Waals surface area contributed by atoms with Crippen LogP contribution in [-0.4, -0.2) is 15.2 Å². The highest BCUT2D eigenvalue weighted by Crippen LogP contribution is 2.06. The zero-order chi connectivity index (χ0) is 16.8. The van der Waals surface area contributed by atoms with Crippen LogP contribution >= 0.6 is 0 Å². The van der Waals surface area contributed by atoms with E-state index in [0.29, 0.717) is 0 Å². The second-order valence-electron chi connectivity index (χ2n) is 4.98. The Labute approximate surface area is 137 Å². The first-order valence-electron chi connectivity index (χ1n) is 7.30. The molecule has 0 fully saturated rings. The second-order valence-corrected chi connectivity index (χ2v) is 4.98. The third-order valence-corrected chi connectivity index (χ3v) is 3.27. The molecule has 0 aliphatic carbocycles. The molecule has 0 radical (unpaired) electrons. The van der Waals surface area contributed by atoms with Crippen molar-refractivity contribution < 1.29 is 0 Å². The van der Waals surface area contributed by atoms with Crippen molar-refractivity contribution in [2.75, 3.05) is 0 Å². The first kappa shape index (κ1) is 15.4. The number of para-hydroxylation sites is 1. The molecular formula is C19H13N3O2. The summed E-state index contributed by atoms with van der Waals surface area (Å²) in [6.07, 6.45) is 1.21. The van der Waals surface area contributed by atoms with Crippen molar-refractivity contribution in [3.8, 4) is 0 Å². The van der Waals surface area contributed by atoms with Crippen molar-refractivity contribution in [3.05, 3.63) is 99.6 Å². The van der Waals surface area contributed by atoms with Gasteiger partial charge in [0.05, 0.1) is 17.2 Å². The van der Waals surface area contributed by atoms with Crippen LogP contribution in [0.4, 0.5) is 0 Å². The van der Waals surface area contributed by atoms with Crippen molar-refractivity contribution in [2.24, 2.45) is 0 Å². The molecule has 5 heteroatoms. The number of nitrogens with zero attached hydrogens (tertiary/aromatic N) is 3. The maximum absolute atomic E-state index is 11.0. The molecule has 0 unspecified atom stereocenters. The number of hydrogen-bond acceptors (Lipinski definition) is 5. The summed E-state index contributed by atoms with van der Waals surface area (Å²) >= 11 is 0. The van der Waals surface area contributed by atoms with Gasteiger partial charge in [-0.3, -0.25) is 9.59 Å². The summed E-state index contributed by atoms with van der Waals surface area (Å²) < 4.78 is 0. The summed E-state index contributed by atoms with van der Waals surface area (Å²) in [5.41, 5.74) is 1.16. The molecule has 0 N–H and O–H groups in total. The zero-order valence-corrected chi connectivity index (χ0v) is 12.7. The molecule has 2 aromatic carbocycles. The molecule has 0 saturated carbocycles. The van der Waals surface area contributed by atoms with Crippen molar-refractivity contribution in [1.29, 1.82) is 0 Å². The molecule has 116 valence electrons. The van der Waals surface area contributed by atoms with Gasteiger partial charge in [-0.25, -0.2) is 4.98 Å². The molecule has 0 bridgehead atoms. The number of benzene rings is 2. The van der Waals surface area contributed by atoms with Gasteiger partial charge in [0, 0.05) is 16.8 Å². The zero-order valence-electron chi connectivity index (χ0n) is 12.7. The second kappa shape index (κ2) is 7.19. The summed E-state index contributed by atoms with van der Waals surface area (Å²) in [7, 11) is 0. The molecule has 0 spiro atoms. The third kappa shape index (κ3) is 3.84. The van der Waals surface area contributed by atoms with Gasteiger partial charge in [-0.15, -0.1) is 0 Å². The SMILES string of the molecule is O=c1cccc2ccccc2n1.O=c1cnnc2ccccc2c1. The highest BCUT2D eigenvalue weighted by molar-refractivity contribution is 5.77. The lowest BCUT2D eigenvalue weighted by molar-refractivity contribution is 1.08. The molecule has 0 atom stereocenters. The average Bonchev–Trinajstić information content (AvgIpc) is 2.89. The maximum atomic E-state index is 11.0. The fraction of sp³-hybridized carbons (Fsp3) is 0. The fourth-order valence-electron chi connectivity index (χ4n) is 2.16. The number of hydrogen-bond donors (Lipinski definition) is 0. The number of rotatable bonds is 0. The monoisotopic (exact) mass is 315 g/mol. The minimum atomic E-state index is -0.198. The van der Waals surface area contributed by atoms with Crippen LogP contribution < -0.4 is 11.0 Å². The van der Waals surface area contributed by atoms with Crippen LogP contribution in [0.2, 0.25) is 0 Å². The van der Waals surface area contributed by atoms with Crippen LogP contribution in [0.1, 0.15) is 0 Å². The largest absolute Gasteiger partial charge is 0.288 e. The molecule has 5 nitrogen and oxygen atoms in total. The standard InChI is InChI=1S/C10H7NO.C9H6N2O/c12-10-7-3-5-8-4-1-2-6-9(8)11-10;12-8-5-7-3-1-2-4-9(7)11-10-6-8/h1-7H;1-6H. The van der Waals surface area contributed by atoms with Gasteiger partial charge in [-0.1, -0.05) is 48.5 Å². The van der Waals surface area contributed by atoms with Gasteiger partial charge in [0.25, 0.3) is 5.56 Å². The van der Waals surface area contributed by atoms with E-state index in [1.807, 2.05) is 54.6 Å². The normalized spacial score (nSPS) is 10.0. The van der Waals surface area contributed by atoms with Gasteiger partial charge in [0.1, 0.15) is 0 Å². The third-order valence-electron chi connectivity index (χ3n) is 3.27. The van der Waals surface area contributed by atoms with E-state index in [9.17, 15) is 9.59 Å². The van der Waals surface area contributed by atoms with Crippen molar-refractivity contribution in [2.45, 2.75) is 0 Å². The smallest absolute Gasteiger partial charge is 0.270 e. The molecule has 0 aliphatic heterocycles. The lowest BCUT2D eigenvalue weighted by Crippen LogP contribution is -1.97. The first-order chi connectivity index (χ1) is 11.7. The Hall–Kier alpha value is -3.47. The van der Waals surface area contributed by atoms with Crippen LogP contribution in [0.25, 0.3) is 21.8 Å². The van der Waals surface area contributed by atoms with Crippen LogP contribution in [0.15, 0.2) is 88.6 Å². The van der Waals surface area contributed by atoms with Gasteiger partial charge in [0.15, 0.2) is 5.43 Å². The number of fused-ring (bicyclic) bond motifs is 2. The first-order valence-corrected chi connectivity index (χ1v) is 7.30. The summed E-state index contributed by atoms with van der Waals surface area (Å²) in [5.74, 6) is 0. The van der Waals surface area contributed by atoms with Gasteiger partial charge >= 0.3 is 0 Å². The predicted molar refractivity (Wildman–Crippen MR) is 93.8 cm³/mol. The van der Waals surface area contributed by atoms with E-state index < -0.39 is 0 Å². The Morgan fingerprint density at radius 3 is 2.17 bits per heavy atom. The minimum absolute atomic E-state index is 0.122. The van der Waals surface area contributed by atoms with E-state index >= 15 is 0 Å². The van der Waals surface area contributed by atoms with E-state index in [2.05, 4.69) is 15.2 Å². The lowest BCUT2D eigenvalue weighted by Gasteiger charge is -1.86. The van der Waals surface area contributed by atoms with Crippen molar-refractivity contribution in [1.82, 2.24) is 15.2 Å². The Morgan fingerprint density at radius 2 is 1.33 bits per heavy atom. The lowest BCUT2D eigenvalue weighted by atomic mass is 10.2. The van der Waals surface area contributed by atoms with Gasteiger partial charge in [-0.2, -0.15) is 10.2 Å². The Morgan fingerprint density at radius 1 is 0.667 bits per heavy atom. The summed E-state index contributed by atoms with van der Waals surface area (Å²) in [6, 6.07) is 21.5. The molecule has 2 heterocycles. The van der Waals surface area contributed by atoms with Gasteiger partial charge in [0.2, 0.25) is 0 Å². The van der Waals surface area contributed by atoms with Crippen LogP contribution in [0.3, 0.4) is 0 Å². The minimum Gasteiger partial charge on any atom is -0.288 e. The molecule has 4 rings (SSSR count). The van der Waals surface area contributed by atoms with E-state index in [1.165, 1.54) is 18.3 Å². The van der Waals surface area contributed by atoms with Gasteiger partial charge in [-0.05, 0) is 18.2 Å². The van der Waals surface area contributed by atoms with Crippen molar-refractivity contribution >= 4 is 21.8 Å². The maximum Gasteiger partial charge on any atom is 0.270 e. The average molecular weight is 315 g/mol. The predicted octanol–water partition coefficient (Wildman–Crippen LogP) is 2.59. The quantitative estimate of drug-likeness (QED) is 0.499. The van der Waals surface area contributed by atoms with E-state index in [0.717, 1.165) is 21.8 Å². The molecular weight excluding hydrogens is 302 g/mol. The summed E-state index contributed by atoms with van der Waals surface area (Å²) in [6.45, 7) is 0. The van der Waals surface area contributed by atoms with Crippen LogP contribution in [0, 0.1) is 0 Å².